The van der Waals surface area contributed by atoms with Gasteiger partial charge in [0.25, 0.3) is 23.6 Å². The third-order valence-electron chi connectivity index (χ3n) is 14.2. The Balaban J connectivity index is 1.27. The molecule has 0 saturated carbocycles. The third-order valence-corrected chi connectivity index (χ3v) is 14.2. The lowest BCUT2D eigenvalue weighted by atomic mass is 10.0. The van der Waals surface area contributed by atoms with Gasteiger partial charge in [0.2, 0.25) is 0 Å². The Morgan fingerprint density at radius 1 is 0.312 bits per heavy atom. The molecule has 80 heavy (non-hydrogen) atoms. The number of aromatic amines is 2. The van der Waals surface area contributed by atoms with Crippen LogP contribution in [-0.2, 0) is 0 Å². The number of unbranched alkanes of at least 4 members (excludes halogenated alkanes) is 4. The largest absolute Gasteiger partial charge is 0.354 e. The summed E-state index contributed by atoms with van der Waals surface area (Å²) in [4.78, 5) is 71.6. The van der Waals surface area contributed by atoms with Gasteiger partial charge in [0, 0.05) is 92.8 Å². The fourth-order valence-electron chi connectivity index (χ4n) is 9.87. The Bertz CT molecular complexity index is 3100. The molecule has 7 aromatic rings. The summed E-state index contributed by atoms with van der Waals surface area (Å²) in [5.41, 5.74) is 37.1. The van der Waals surface area contributed by atoms with Crippen LogP contribution in [0.15, 0.2) is 121 Å². The number of nitrogens with two attached hydrogens (primary N) is 4. The van der Waals surface area contributed by atoms with Gasteiger partial charge in [-0.15, -0.1) is 0 Å². The molecule has 410 valence electrons. The Labute approximate surface area is 466 Å². The zero-order valence-electron chi connectivity index (χ0n) is 45.0. The highest BCUT2D eigenvalue weighted by atomic mass is 16.2. The van der Waals surface area contributed by atoms with Crippen LogP contribution in [0, 0.1) is 0 Å². The van der Waals surface area contributed by atoms with Gasteiger partial charge in [0.1, 0.15) is 0 Å². The molecule has 3 aromatic heterocycles. The minimum absolute atomic E-state index is 0.169. The van der Waals surface area contributed by atoms with Crippen LogP contribution in [0.5, 0.6) is 0 Å². The molecule has 5 heterocycles. The molecule has 0 saturated heterocycles. The zero-order valence-corrected chi connectivity index (χ0v) is 45.0. The van der Waals surface area contributed by atoms with Crippen molar-refractivity contribution in [2.45, 2.75) is 51.4 Å². The number of nitrogens with zero attached hydrogens (tertiary/aromatic N) is 2. The molecular formula is C64H70N12O4. The van der Waals surface area contributed by atoms with Gasteiger partial charge in [0.05, 0.1) is 22.8 Å². The molecule has 0 aliphatic carbocycles. The average Bonchev–Trinajstić information content (AvgIpc) is 4.42. The first-order valence-electron chi connectivity index (χ1n) is 27.7. The van der Waals surface area contributed by atoms with Crippen molar-refractivity contribution in [2.24, 2.45) is 22.9 Å². The molecule has 16 nitrogen and oxygen atoms in total. The Morgan fingerprint density at radius 2 is 0.525 bits per heavy atom. The molecule has 0 radical (unpaired) electrons. The van der Waals surface area contributed by atoms with Crippen LogP contribution < -0.4 is 44.2 Å². The maximum Gasteiger partial charge on any atom is 0.251 e. The second-order valence-electron chi connectivity index (χ2n) is 19.8. The second kappa shape index (κ2) is 27.2. The van der Waals surface area contributed by atoms with Gasteiger partial charge >= 0.3 is 0 Å². The highest BCUT2D eigenvalue weighted by Gasteiger charge is 2.21. The molecule has 8 bridgehead atoms. The van der Waals surface area contributed by atoms with E-state index in [2.05, 4.69) is 31.2 Å². The quantitative estimate of drug-likeness (QED) is 0.0256. The average molecular weight is 1070 g/mol. The number of carbonyl (C=O) groups excluding carboxylic acids is 4. The van der Waals surface area contributed by atoms with Crippen molar-refractivity contribution in [3.05, 3.63) is 166 Å². The maximum absolute atomic E-state index is 13.3. The highest BCUT2D eigenvalue weighted by Crippen LogP contribution is 2.39. The minimum atomic E-state index is -0.169. The Morgan fingerprint density at radius 3 is 0.725 bits per heavy atom. The summed E-state index contributed by atoms with van der Waals surface area (Å²) >= 11 is 0. The summed E-state index contributed by atoms with van der Waals surface area (Å²) in [7, 11) is 0. The van der Waals surface area contributed by atoms with Crippen molar-refractivity contribution in [2.75, 3.05) is 52.4 Å². The molecule has 4 amide bonds. The molecule has 14 N–H and O–H groups in total. The normalized spacial score (nSPS) is 11.7. The fourth-order valence-corrected chi connectivity index (χ4v) is 9.87. The van der Waals surface area contributed by atoms with Crippen LogP contribution in [0.1, 0.15) is 116 Å². The number of amides is 4. The number of aromatic nitrogens is 4. The van der Waals surface area contributed by atoms with Gasteiger partial charge in [-0.05, 0) is 197 Å². The lowest BCUT2D eigenvalue weighted by molar-refractivity contribution is 0.0945. The zero-order chi connectivity index (χ0) is 55.8. The molecule has 9 rings (SSSR count). The number of carbonyl (C=O) groups is 4. The Kier molecular flexibility index (Phi) is 19.0. The molecule has 2 aliphatic heterocycles. The molecule has 0 atom stereocenters. The maximum atomic E-state index is 13.3. The van der Waals surface area contributed by atoms with Crippen LogP contribution in [0.2, 0.25) is 0 Å². The number of benzene rings is 4. The smallest absolute Gasteiger partial charge is 0.251 e. The second-order valence-corrected chi connectivity index (χ2v) is 19.8. The van der Waals surface area contributed by atoms with Crippen molar-refractivity contribution >= 4 is 70.0 Å². The van der Waals surface area contributed by atoms with Gasteiger partial charge in [-0.3, -0.25) is 19.2 Å². The number of H-pyrrole nitrogens is 2. The topological polar surface area (TPSA) is 278 Å². The van der Waals surface area contributed by atoms with Gasteiger partial charge in [-0.2, -0.15) is 0 Å². The summed E-state index contributed by atoms with van der Waals surface area (Å²) in [6, 6.07) is 38.2. The predicted octanol–water partition coefficient (Wildman–Crippen LogP) is 9.20. The lowest BCUT2D eigenvalue weighted by Crippen LogP contribution is -2.24. The van der Waals surface area contributed by atoms with E-state index in [0.29, 0.717) is 97.4 Å². The van der Waals surface area contributed by atoms with Gasteiger partial charge < -0.3 is 54.2 Å². The number of nitrogens with one attached hydrogen (secondary N) is 6. The van der Waals surface area contributed by atoms with E-state index in [1.54, 1.807) is 0 Å². The SMILES string of the molecule is NCCCCNC(=O)c1ccc(-c2c3nc(c(-c4ccc(C(=O)NCCCCN)cc4)c4ccc([nH]4)c(-c4ccc(C(=O)NCCCCN)cc4)c4nc(c(-c5ccc(C(=O)NCCCCN)cc5)c5ccc2[nH]5)C=C4)C=C3)cc1. The van der Waals surface area contributed by atoms with E-state index >= 15 is 0 Å². The Hall–Kier alpha value is -8.80. The first-order valence-corrected chi connectivity index (χ1v) is 27.7. The van der Waals surface area contributed by atoms with Crippen LogP contribution in [0.4, 0.5) is 0 Å². The molecule has 0 spiro atoms. The van der Waals surface area contributed by atoms with Crippen LogP contribution >= 0.6 is 0 Å². The van der Waals surface area contributed by atoms with E-state index in [4.69, 9.17) is 32.9 Å². The predicted molar refractivity (Wildman–Crippen MR) is 323 cm³/mol. The summed E-state index contributed by atoms with van der Waals surface area (Å²) < 4.78 is 0. The van der Waals surface area contributed by atoms with E-state index in [0.717, 1.165) is 118 Å². The van der Waals surface area contributed by atoms with Gasteiger partial charge in [0.15, 0.2) is 0 Å². The monoisotopic (exact) mass is 1070 g/mol. The first-order chi connectivity index (χ1) is 39.2. The van der Waals surface area contributed by atoms with E-state index in [1.165, 1.54) is 0 Å². The molecule has 16 heteroatoms. The van der Waals surface area contributed by atoms with E-state index in [-0.39, 0.29) is 23.6 Å². The van der Waals surface area contributed by atoms with Crippen LogP contribution in [0.3, 0.4) is 0 Å². The van der Waals surface area contributed by atoms with E-state index in [9.17, 15) is 19.2 Å². The van der Waals surface area contributed by atoms with Crippen molar-refractivity contribution in [3.63, 3.8) is 0 Å². The number of hydrogen-bond donors (Lipinski definition) is 10. The highest BCUT2D eigenvalue weighted by molar-refractivity contribution is 6.02. The minimum Gasteiger partial charge on any atom is -0.354 e. The molecule has 2 aliphatic rings. The summed E-state index contributed by atoms with van der Waals surface area (Å²) in [6.07, 6.45) is 14.4. The molecular weight excluding hydrogens is 1000 g/mol. The summed E-state index contributed by atoms with van der Waals surface area (Å²) in [5.74, 6) is -0.676. The van der Waals surface area contributed by atoms with E-state index < -0.39 is 0 Å². The van der Waals surface area contributed by atoms with Gasteiger partial charge in [-0.25, -0.2) is 9.97 Å². The van der Waals surface area contributed by atoms with Crippen LogP contribution in [-0.4, -0.2) is 95.9 Å². The lowest BCUT2D eigenvalue weighted by Gasteiger charge is -2.09. The van der Waals surface area contributed by atoms with Crippen molar-refractivity contribution in [3.8, 4) is 44.5 Å². The summed E-state index contributed by atoms with van der Waals surface area (Å²) in [6.45, 7) is 4.36. The molecule has 4 aromatic carbocycles. The van der Waals surface area contributed by atoms with Crippen molar-refractivity contribution in [1.29, 1.82) is 0 Å². The number of fused-ring (bicyclic) bond motifs is 8. The third kappa shape index (κ3) is 13.4. The first kappa shape index (κ1) is 55.9. The van der Waals surface area contributed by atoms with Crippen molar-refractivity contribution in [1.82, 2.24) is 41.2 Å². The molecule has 0 unspecified atom stereocenters. The standard InChI is InChI=1S/C64H70N12O4/c65-33-1-5-37-69-61(77)45-17-9-41(10-18-45)57-49-25-27-51(73-49)58(42-11-19-46(20-12-42)62(78)70-38-6-2-34-66)53-29-31-55(75-53)60(44-15-23-48(24-16-44)64(80)72-40-8-4-36-68)56-32-30-54(76-56)59(52-28-26-50(57)74-52)43-13-21-47(22-14-43)63(79)71-39-7-3-35-67/h9-32,73,76H,1-8,33-40,65-68H2,(H,69,77)(H,70,78)(H,71,79)(H,72,80). The van der Waals surface area contributed by atoms with Gasteiger partial charge in [-0.1, -0.05) is 48.5 Å². The fraction of sp³-hybridized carbons (Fsp3) is 0.250. The van der Waals surface area contributed by atoms with Crippen LogP contribution in [0.25, 0.3) is 90.9 Å². The molecule has 0 fully saturated rings. The van der Waals surface area contributed by atoms with Crippen molar-refractivity contribution < 1.29 is 19.2 Å². The number of hydrogen-bond acceptors (Lipinski definition) is 10. The van der Waals surface area contributed by atoms with E-state index in [1.807, 2.05) is 146 Å². The summed E-state index contributed by atoms with van der Waals surface area (Å²) in [5, 5.41) is 12.0. The number of rotatable bonds is 24.